The van der Waals surface area contributed by atoms with Crippen molar-refractivity contribution in [1.82, 2.24) is 0 Å². The molecule has 3 nitrogen and oxygen atoms in total. The predicted octanol–water partition coefficient (Wildman–Crippen LogP) is 3.54. The zero-order valence-corrected chi connectivity index (χ0v) is 11.0. The van der Waals surface area contributed by atoms with Gasteiger partial charge in [0.15, 0.2) is 0 Å². The highest BCUT2D eigenvalue weighted by molar-refractivity contribution is 9.10. The molecule has 0 amide bonds. The minimum atomic E-state index is -0.403. The zero-order valence-electron chi connectivity index (χ0n) is 8.55. The van der Waals surface area contributed by atoms with Crippen LogP contribution in [0.25, 0.3) is 0 Å². The Morgan fingerprint density at radius 2 is 2.18 bits per heavy atom. The molecule has 0 radical (unpaired) electrons. The number of carbonyl (C=O) groups excluding carboxylic acids is 2. The molecule has 0 N–H and O–H groups in total. The van der Waals surface area contributed by atoms with Crippen LogP contribution in [0.5, 0.6) is 5.75 Å². The molecule has 2 aromatic rings. The Labute approximate surface area is 110 Å². The molecule has 1 aromatic carbocycles. The molecule has 86 valence electrons. The Hall–Kier alpha value is -1.46. The van der Waals surface area contributed by atoms with Gasteiger partial charge in [0, 0.05) is 5.56 Å². The van der Waals surface area contributed by atoms with E-state index in [9.17, 15) is 9.59 Å². The van der Waals surface area contributed by atoms with Crippen molar-refractivity contribution in [3.8, 4) is 5.75 Å². The van der Waals surface area contributed by atoms with E-state index in [4.69, 9.17) is 4.74 Å². The second-order valence-electron chi connectivity index (χ2n) is 3.17. The third kappa shape index (κ3) is 2.81. The third-order valence-electron chi connectivity index (χ3n) is 2.02. The van der Waals surface area contributed by atoms with Crippen molar-refractivity contribution in [3.05, 3.63) is 50.6 Å². The van der Waals surface area contributed by atoms with Crippen molar-refractivity contribution >= 4 is 39.5 Å². The van der Waals surface area contributed by atoms with Gasteiger partial charge >= 0.3 is 5.97 Å². The van der Waals surface area contributed by atoms with Crippen LogP contribution in [0.3, 0.4) is 0 Å². The largest absolute Gasteiger partial charge is 0.421 e. The van der Waals surface area contributed by atoms with Crippen molar-refractivity contribution in [2.45, 2.75) is 0 Å². The lowest BCUT2D eigenvalue weighted by Crippen LogP contribution is -2.06. The molecule has 0 saturated carbocycles. The summed E-state index contributed by atoms with van der Waals surface area (Å²) in [5.74, 6) is -0.00597. The van der Waals surface area contributed by atoms with E-state index >= 15 is 0 Å². The fraction of sp³-hybridized carbons (Fsp3) is 0. The molecule has 0 unspecified atom stereocenters. The number of thiophene rings is 1. The van der Waals surface area contributed by atoms with Gasteiger partial charge in [0.05, 0.1) is 4.47 Å². The molecule has 5 heteroatoms. The van der Waals surface area contributed by atoms with Crippen molar-refractivity contribution < 1.29 is 14.3 Å². The molecule has 0 aliphatic carbocycles. The van der Waals surface area contributed by atoms with Crippen LogP contribution in [0.1, 0.15) is 20.0 Å². The summed E-state index contributed by atoms with van der Waals surface area (Å²) >= 11 is 4.56. The lowest BCUT2D eigenvalue weighted by molar-refractivity contribution is 0.0738. The van der Waals surface area contributed by atoms with E-state index in [1.807, 2.05) is 0 Å². The maximum atomic E-state index is 11.7. The Kier molecular flexibility index (Phi) is 3.71. The van der Waals surface area contributed by atoms with Crippen LogP contribution in [-0.4, -0.2) is 12.3 Å². The first-order chi connectivity index (χ1) is 8.20. The Morgan fingerprint density at radius 3 is 2.76 bits per heavy atom. The van der Waals surface area contributed by atoms with Crippen molar-refractivity contribution in [1.29, 1.82) is 0 Å². The topological polar surface area (TPSA) is 43.4 Å². The average Bonchev–Trinajstić information content (AvgIpc) is 2.85. The summed E-state index contributed by atoms with van der Waals surface area (Å²) in [6.45, 7) is 0. The number of hydrogen-bond acceptors (Lipinski definition) is 4. The first kappa shape index (κ1) is 12.0. The standard InChI is InChI=1S/C12H7BrO3S/c13-9-6-8(7-14)3-4-10(9)16-12(15)11-2-1-5-17-11/h1-7H. The van der Waals surface area contributed by atoms with Crippen molar-refractivity contribution in [2.24, 2.45) is 0 Å². The van der Waals surface area contributed by atoms with Gasteiger partial charge in [-0.15, -0.1) is 11.3 Å². The van der Waals surface area contributed by atoms with Crippen LogP contribution in [0.15, 0.2) is 40.2 Å². The lowest BCUT2D eigenvalue weighted by Gasteiger charge is -2.05. The van der Waals surface area contributed by atoms with Crippen molar-refractivity contribution in [3.63, 3.8) is 0 Å². The molecule has 0 fully saturated rings. The summed E-state index contributed by atoms with van der Waals surface area (Å²) in [6.07, 6.45) is 0.732. The Bertz CT molecular complexity index is 549. The zero-order chi connectivity index (χ0) is 12.3. The van der Waals surface area contributed by atoms with E-state index in [-0.39, 0.29) is 0 Å². The number of esters is 1. The van der Waals surface area contributed by atoms with Crippen LogP contribution in [-0.2, 0) is 0 Å². The van der Waals surface area contributed by atoms with E-state index in [1.54, 1.807) is 35.7 Å². The quantitative estimate of drug-likeness (QED) is 0.495. The molecule has 0 spiro atoms. The SMILES string of the molecule is O=Cc1ccc(OC(=O)c2cccs2)c(Br)c1. The Morgan fingerprint density at radius 1 is 1.35 bits per heavy atom. The minimum Gasteiger partial charge on any atom is -0.421 e. The fourth-order valence-electron chi connectivity index (χ4n) is 1.22. The summed E-state index contributed by atoms with van der Waals surface area (Å²) in [5.41, 5.74) is 0.521. The summed E-state index contributed by atoms with van der Waals surface area (Å²) in [7, 11) is 0. The molecular weight excluding hydrogens is 304 g/mol. The average molecular weight is 311 g/mol. The second kappa shape index (κ2) is 5.25. The van der Waals surface area contributed by atoms with Crippen LogP contribution in [0.4, 0.5) is 0 Å². The number of carbonyl (C=O) groups is 2. The van der Waals surface area contributed by atoms with Gasteiger partial charge in [-0.1, -0.05) is 6.07 Å². The molecule has 0 aliphatic rings. The van der Waals surface area contributed by atoms with Gasteiger partial charge in [-0.25, -0.2) is 4.79 Å². The number of aldehydes is 1. The highest BCUT2D eigenvalue weighted by atomic mass is 79.9. The molecule has 0 atom stereocenters. The maximum absolute atomic E-state index is 11.7. The molecule has 17 heavy (non-hydrogen) atoms. The predicted molar refractivity (Wildman–Crippen MR) is 68.8 cm³/mol. The number of benzene rings is 1. The number of halogens is 1. The van der Waals surface area contributed by atoms with E-state index in [0.29, 0.717) is 20.7 Å². The molecule has 1 heterocycles. The highest BCUT2D eigenvalue weighted by Crippen LogP contribution is 2.26. The second-order valence-corrected chi connectivity index (χ2v) is 4.98. The van der Waals surface area contributed by atoms with Crippen LogP contribution >= 0.6 is 27.3 Å². The monoisotopic (exact) mass is 310 g/mol. The van der Waals surface area contributed by atoms with E-state index in [1.165, 1.54) is 11.3 Å². The molecule has 2 rings (SSSR count). The first-order valence-electron chi connectivity index (χ1n) is 4.71. The van der Waals surface area contributed by atoms with Crippen LogP contribution < -0.4 is 4.74 Å². The molecule has 0 aliphatic heterocycles. The Balaban J connectivity index is 2.19. The molecule has 0 bridgehead atoms. The van der Waals surface area contributed by atoms with E-state index < -0.39 is 5.97 Å². The summed E-state index contributed by atoms with van der Waals surface area (Å²) < 4.78 is 5.77. The highest BCUT2D eigenvalue weighted by Gasteiger charge is 2.11. The maximum Gasteiger partial charge on any atom is 0.353 e. The van der Waals surface area contributed by atoms with Gasteiger partial charge in [0.2, 0.25) is 0 Å². The van der Waals surface area contributed by atoms with E-state index in [0.717, 1.165) is 6.29 Å². The van der Waals surface area contributed by atoms with Gasteiger partial charge < -0.3 is 4.74 Å². The number of hydrogen-bond donors (Lipinski definition) is 0. The van der Waals surface area contributed by atoms with Gasteiger partial charge in [0.25, 0.3) is 0 Å². The molecule has 0 saturated heterocycles. The molecule has 1 aromatic heterocycles. The third-order valence-corrected chi connectivity index (χ3v) is 3.49. The normalized spacial score (nSPS) is 9.94. The summed E-state index contributed by atoms with van der Waals surface area (Å²) in [4.78, 5) is 22.8. The van der Waals surface area contributed by atoms with Gasteiger partial charge in [-0.2, -0.15) is 0 Å². The number of ether oxygens (including phenoxy) is 1. The summed E-state index contributed by atoms with van der Waals surface area (Å²) in [6, 6.07) is 8.25. The lowest BCUT2D eigenvalue weighted by atomic mass is 10.2. The van der Waals surface area contributed by atoms with Gasteiger partial charge in [-0.3, -0.25) is 4.79 Å². The molecular formula is C12H7BrO3S. The van der Waals surface area contributed by atoms with Crippen LogP contribution in [0, 0.1) is 0 Å². The fourth-order valence-corrected chi connectivity index (χ4v) is 2.29. The summed E-state index contributed by atoms with van der Waals surface area (Å²) in [5, 5.41) is 1.81. The van der Waals surface area contributed by atoms with Crippen LogP contribution in [0.2, 0.25) is 0 Å². The van der Waals surface area contributed by atoms with E-state index in [2.05, 4.69) is 15.9 Å². The number of rotatable bonds is 3. The smallest absolute Gasteiger partial charge is 0.353 e. The van der Waals surface area contributed by atoms with Gasteiger partial charge in [-0.05, 0) is 45.6 Å². The van der Waals surface area contributed by atoms with Crippen molar-refractivity contribution in [2.75, 3.05) is 0 Å². The van der Waals surface area contributed by atoms with Gasteiger partial charge in [0.1, 0.15) is 16.9 Å². The first-order valence-corrected chi connectivity index (χ1v) is 6.38. The minimum absolute atomic E-state index is 0.397.